The van der Waals surface area contributed by atoms with Crippen molar-refractivity contribution in [3.05, 3.63) is 35.9 Å². The van der Waals surface area contributed by atoms with Crippen LogP contribution < -0.4 is 21.7 Å². The number of carboxylic acids is 2. The molecule has 1 aromatic carbocycles. The molecule has 4 atom stereocenters. The van der Waals surface area contributed by atoms with Crippen molar-refractivity contribution in [3.63, 3.8) is 0 Å². The van der Waals surface area contributed by atoms with Crippen LogP contribution in [0.4, 0.5) is 0 Å². The normalized spacial score (nSPS) is 14.1. The first kappa shape index (κ1) is 29.9. The number of aliphatic hydroxyl groups is 1. The Bertz CT molecular complexity index is 870. The van der Waals surface area contributed by atoms with E-state index in [1.807, 2.05) is 6.26 Å². The predicted octanol–water partition coefficient (Wildman–Crippen LogP) is -1.29. The highest BCUT2D eigenvalue weighted by Gasteiger charge is 2.30. The molecular weight excluding hydrogens is 480 g/mol. The molecule has 0 aromatic heterocycles. The van der Waals surface area contributed by atoms with Crippen molar-refractivity contribution in [2.24, 2.45) is 5.73 Å². The molecule has 1 aromatic rings. The molecule has 0 fully saturated rings. The van der Waals surface area contributed by atoms with Gasteiger partial charge in [0.1, 0.15) is 24.2 Å². The lowest BCUT2D eigenvalue weighted by molar-refractivity contribution is -0.143. The number of aliphatic hydroxyl groups excluding tert-OH is 1. The van der Waals surface area contributed by atoms with Gasteiger partial charge in [-0.3, -0.25) is 19.2 Å². The van der Waals surface area contributed by atoms with Crippen LogP contribution in [0.5, 0.6) is 0 Å². The Kier molecular flexibility index (Phi) is 13.4. The monoisotopic (exact) mass is 512 g/mol. The number of hydrogen-bond donors (Lipinski definition) is 7. The summed E-state index contributed by atoms with van der Waals surface area (Å²) in [4.78, 5) is 60.5. The van der Waals surface area contributed by atoms with Crippen LogP contribution in [0.25, 0.3) is 0 Å². The molecule has 194 valence electrons. The van der Waals surface area contributed by atoms with Gasteiger partial charge in [-0.15, -0.1) is 0 Å². The van der Waals surface area contributed by atoms with Crippen molar-refractivity contribution in [2.45, 2.75) is 49.9 Å². The smallest absolute Gasteiger partial charge is 0.326 e. The third kappa shape index (κ3) is 11.2. The minimum absolute atomic E-state index is 0.0169. The fourth-order valence-electron chi connectivity index (χ4n) is 3.00. The number of nitrogens with one attached hydrogen (secondary N) is 3. The van der Waals surface area contributed by atoms with Gasteiger partial charge >= 0.3 is 11.9 Å². The molecule has 0 heterocycles. The maximum atomic E-state index is 13.0. The molecule has 0 saturated carbocycles. The summed E-state index contributed by atoms with van der Waals surface area (Å²) in [7, 11) is 0. The number of aliphatic carboxylic acids is 2. The number of carbonyl (C=O) groups excluding carboxylic acids is 3. The van der Waals surface area contributed by atoms with Gasteiger partial charge in [0.05, 0.1) is 6.61 Å². The molecule has 0 aliphatic heterocycles. The van der Waals surface area contributed by atoms with Crippen LogP contribution in [0, 0.1) is 0 Å². The largest absolute Gasteiger partial charge is 0.481 e. The summed E-state index contributed by atoms with van der Waals surface area (Å²) in [6.07, 6.45) is 1.23. The van der Waals surface area contributed by atoms with E-state index in [2.05, 4.69) is 16.0 Å². The summed E-state index contributed by atoms with van der Waals surface area (Å²) >= 11 is 1.43. The topological polar surface area (TPSA) is 208 Å². The van der Waals surface area contributed by atoms with Gasteiger partial charge in [-0.1, -0.05) is 30.3 Å². The van der Waals surface area contributed by atoms with Gasteiger partial charge in [0.15, 0.2) is 0 Å². The van der Waals surface area contributed by atoms with E-state index < -0.39 is 66.9 Å². The summed E-state index contributed by atoms with van der Waals surface area (Å²) in [5.74, 6) is -4.37. The maximum absolute atomic E-state index is 13.0. The van der Waals surface area contributed by atoms with Crippen LogP contribution in [0.1, 0.15) is 24.8 Å². The Morgan fingerprint density at radius 1 is 0.886 bits per heavy atom. The Morgan fingerprint density at radius 3 is 2.00 bits per heavy atom. The Labute approximate surface area is 207 Å². The van der Waals surface area contributed by atoms with Crippen LogP contribution in [0.2, 0.25) is 0 Å². The number of carboxylic acid groups (broad SMARTS) is 2. The van der Waals surface area contributed by atoms with Crippen LogP contribution in [-0.2, 0) is 30.4 Å². The highest BCUT2D eigenvalue weighted by Crippen LogP contribution is 2.08. The molecule has 4 unspecified atom stereocenters. The van der Waals surface area contributed by atoms with Crippen LogP contribution in [0.15, 0.2) is 30.3 Å². The number of benzene rings is 1. The van der Waals surface area contributed by atoms with Crippen molar-refractivity contribution in [3.8, 4) is 0 Å². The number of rotatable bonds is 16. The fraction of sp³-hybridized carbons (Fsp3) is 0.500. The molecule has 0 saturated heterocycles. The zero-order valence-electron chi connectivity index (χ0n) is 19.3. The minimum Gasteiger partial charge on any atom is -0.481 e. The van der Waals surface area contributed by atoms with Crippen molar-refractivity contribution in [2.75, 3.05) is 18.6 Å². The molecule has 0 aliphatic rings. The standard InChI is InChI=1S/C22H32N4O8S/c1-35-10-9-15(24-19(30)14(23)12-27)20(31)26-17(11-13-5-3-2-4-6-13)21(32)25-16(22(33)34)7-8-18(28)29/h2-6,14-17,27H,7-12,23H2,1H3,(H,24,30)(H,25,32)(H,26,31)(H,28,29)(H,33,34). The Morgan fingerprint density at radius 2 is 1.46 bits per heavy atom. The van der Waals surface area contributed by atoms with Gasteiger partial charge in [0.25, 0.3) is 0 Å². The Balaban J connectivity index is 3.08. The van der Waals surface area contributed by atoms with E-state index >= 15 is 0 Å². The van der Waals surface area contributed by atoms with Crippen LogP contribution >= 0.6 is 11.8 Å². The fourth-order valence-corrected chi connectivity index (χ4v) is 3.47. The molecule has 13 heteroatoms. The molecule has 1 rings (SSSR count). The lowest BCUT2D eigenvalue weighted by atomic mass is 10.0. The van der Waals surface area contributed by atoms with Gasteiger partial charge in [-0.25, -0.2) is 4.79 Å². The summed E-state index contributed by atoms with van der Waals surface area (Å²) in [6, 6.07) is 3.71. The van der Waals surface area contributed by atoms with Gasteiger partial charge in [-0.2, -0.15) is 11.8 Å². The quantitative estimate of drug-likeness (QED) is 0.139. The van der Waals surface area contributed by atoms with Gasteiger partial charge in [0, 0.05) is 12.8 Å². The zero-order chi connectivity index (χ0) is 26.4. The van der Waals surface area contributed by atoms with Crippen molar-refractivity contribution in [1.82, 2.24) is 16.0 Å². The number of carbonyl (C=O) groups is 5. The zero-order valence-corrected chi connectivity index (χ0v) is 20.1. The first-order valence-corrected chi connectivity index (χ1v) is 12.2. The molecule has 3 amide bonds. The third-order valence-corrected chi connectivity index (χ3v) is 5.60. The number of nitrogens with two attached hydrogens (primary N) is 1. The first-order valence-electron chi connectivity index (χ1n) is 10.8. The molecule has 12 nitrogen and oxygen atoms in total. The van der Waals surface area contributed by atoms with Gasteiger partial charge in [0.2, 0.25) is 17.7 Å². The van der Waals surface area contributed by atoms with Crippen molar-refractivity contribution >= 4 is 41.4 Å². The average Bonchev–Trinajstić information content (AvgIpc) is 2.83. The summed E-state index contributed by atoms with van der Waals surface area (Å²) in [5.41, 5.74) is 6.20. The second kappa shape index (κ2) is 15.7. The van der Waals surface area contributed by atoms with E-state index in [0.29, 0.717) is 11.3 Å². The highest BCUT2D eigenvalue weighted by atomic mass is 32.2. The molecule has 0 spiro atoms. The Hall–Kier alpha value is -3.16. The van der Waals surface area contributed by atoms with Gasteiger partial charge < -0.3 is 37.0 Å². The predicted molar refractivity (Wildman–Crippen MR) is 129 cm³/mol. The lowest BCUT2D eigenvalue weighted by Crippen LogP contribution is -2.58. The first-order chi connectivity index (χ1) is 16.6. The van der Waals surface area contributed by atoms with Crippen LogP contribution in [0.3, 0.4) is 0 Å². The van der Waals surface area contributed by atoms with Crippen molar-refractivity contribution in [1.29, 1.82) is 0 Å². The van der Waals surface area contributed by atoms with Crippen molar-refractivity contribution < 1.29 is 39.3 Å². The summed E-state index contributed by atoms with van der Waals surface area (Å²) in [5, 5.41) is 34.6. The maximum Gasteiger partial charge on any atom is 0.326 e. The van der Waals surface area contributed by atoms with E-state index in [9.17, 15) is 29.1 Å². The minimum atomic E-state index is -1.47. The number of thioether (sulfide) groups is 1. The molecule has 0 radical (unpaired) electrons. The third-order valence-electron chi connectivity index (χ3n) is 4.95. The molecule has 0 aliphatic carbocycles. The van der Waals surface area contributed by atoms with E-state index in [4.69, 9.17) is 15.9 Å². The van der Waals surface area contributed by atoms with E-state index in [0.717, 1.165) is 0 Å². The van der Waals surface area contributed by atoms with E-state index in [1.165, 1.54) is 11.8 Å². The SMILES string of the molecule is CSCCC(NC(=O)C(N)CO)C(=O)NC(Cc1ccccc1)C(=O)NC(CCC(=O)O)C(=O)O. The van der Waals surface area contributed by atoms with E-state index in [-0.39, 0.29) is 19.3 Å². The second-order valence-electron chi connectivity index (χ2n) is 7.71. The van der Waals surface area contributed by atoms with Crippen LogP contribution in [-0.4, -0.2) is 87.8 Å². The lowest BCUT2D eigenvalue weighted by Gasteiger charge is -2.25. The molecular formula is C22H32N4O8S. The van der Waals surface area contributed by atoms with E-state index in [1.54, 1.807) is 30.3 Å². The molecule has 8 N–H and O–H groups in total. The number of amides is 3. The average molecular weight is 513 g/mol. The summed E-state index contributed by atoms with van der Waals surface area (Å²) < 4.78 is 0. The highest BCUT2D eigenvalue weighted by molar-refractivity contribution is 7.98. The summed E-state index contributed by atoms with van der Waals surface area (Å²) in [6.45, 7) is -0.616. The van der Waals surface area contributed by atoms with Gasteiger partial charge in [-0.05, 0) is 30.4 Å². The molecule has 35 heavy (non-hydrogen) atoms. The second-order valence-corrected chi connectivity index (χ2v) is 8.70. The number of hydrogen-bond acceptors (Lipinski definition) is 8. The molecule has 0 bridgehead atoms.